The van der Waals surface area contributed by atoms with Crippen LogP contribution in [0.1, 0.15) is 25.0 Å². The van der Waals surface area contributed by atoms with Crippen LogP contribution in [-0.4, -0.2) is 41.8 Å². The second-order valence-corrected chi connectivity index (χ2v) is 47.4. The van der Waals surface area contributed by atoms with E-state index in [0.717, 1.165) is 22.4 Å². The Hall–Kier alpha value is -2.91. The van der Waals surface area contributed by atoms with Crippen molar-refractivity contribution in [3.05, 3.63) is 157 Å². The Morgan fingerprint density at radius 1 is 0.412 bits per heavy atom. The third kappa shape index (κ3) is 14.2. The van der Waals surface area contributed by atoms with Crippen molar-refractivity contribution in [1.82, 2.24) is 0 Å². The van der Waals surface area contributed by atoms with E-state index < -0.39 is 53.1 Å². The summed E-state index contributed by atoms with van der Waals surface area (Å²) in [6.45, 7) is 38.4. The molecule has 0 saturated heterocycles. The molecule has 68 heavy (non-hydrogen) atoms. The fraction of sp³-hybridized carbons (Fsp3) is 0.300. The van der Waals surface area contributed by atoms with Crippen LogP contribution >= 0.6 is 17.0 Å². The van der Waals surface area contributed by atoms with Crippen LogP contribution in [0.15, 0.2) is 146 Å². The molecule has 0 spiro atoms. The van der Waals surface area contributed by atoms with Crippen LogP contribution in [0.4, 0.5) is 0 Å². The Bertz CT molecular complexity index is 2620. The minimum absolute atomic E-state index is 0.826. The molecular weight excluding hydrogens is 1020 g/mol. The zero-order valence-corrected chi connectivity index (χ0v) is 53.0. The van der Waals surface area contributed by atoms with Gasteiger partial charge in [0.15, 0.2) is 0 Å². The van der Waals surface area contributed by atoms with E-state index in [1.165, 1.54) is 77.2 Å². The third-order valence-electron chi connectivity index (χ3n) is 12.8. The van der Waals surface area contributed by atoms with Gasteiger partial charge in [0, 0.05) is 9.52 Å². The summed E-state index contributed by atoms with van der Waals surface area (Å²) in [6, 6.07) is 55.8. The Morgan fingerprint density at radius 2 is 0.691 bits per heavy atom. The first-order chi connectivity index (χ1) is 32.0. The molecule has 0 fully saturated rings. The van der Waals surface area contributed by atoms with Crippen molar-refractivity contribution in [3.8, 4) is 44.5 Å². The van der Waals surface area contributed by atoms with Crippen molar-refractivity contribution < 1.29 is 20.8 Å². The number of fused-ring (bicyclic) bond motifs is 2. The Labute approximate surface area is 437 Å². The number of benzene rings is 6. The number of hydrogen-bond donors (Lipinski definition) is 0. The average molecular weight is 1100 g/mol. The molecule has 0 aromatic heterocycles. The van der Waals surface area contributed by atoms with Gasteiger partial charge in [0.05, 0.1) is 32.3 Å². The molecule has 0 nitrogen and oxygen atoms in total. The summed E-state index contributed by atoms with van der Waals surface area (Å²) in [5, 5.41) is 11.8. The van der Waals surface area contributed by atoms with Crippen molar-refractivity contribution in [1.29, 1.82) is 0 Å². The van der Waals surface area contributed by atoms with Gasteiger partial charge in [-0.1, -0.05) is 247 Å². The van der Waals surface area contributed by atoms with Crippen molar-refractivity contribution in [2.45, 2.75) is 118 Å². The van der Waals surface area contributed by atoms with Crippen molar-refractivity contribution in [2.24, 2.45) is 0 Å². The minimum atomic E-state index is -1.45. The first-order valence-electron chi connectivity index (χ1n) is 24.4. The van der Waals surface area contributed by atoms with Crippen LogP contribution in [0.25, 0.3) is 66.1 Å². The number of hydrogen-bond acceptors (Lipinski definition) is 0. The normalized spacial score (nSPS) is 11.8. The molecule has 354 valence electrons. The van der Waals surface area contributed by atoms with E-state index in [-0.39, 0.29) is 0 Å². The second-order valence-electron chi connectivity index (χ2n) is 22.3. The molecule has 8 rings (SSSR count). The summed E-state index contributed by atoms with van der Waals surface area (Å²) in [5.41, 5.74) is 13.7. The molecule has 0 heterocycles. The van der Waals surface area contributed by atoms with Crippen molar-refractivity contribution in [2.75, 3.05) is 0 Å². The van der Waals surface area contributed by atoms with Crippen LogP contribution in [0.3, 0.4) is 0 Å². The first kappa shape index (κ1) is 56.0. The monoisotopic (exact) mass is 1100 g/mol. The van der Waals surface area contributed by atoms with E-state index in [1.54, 1.807) is 20.7 Å². The molecule has 0 atom stereocenters. The van der Waals surface area contributed by atoms with Crippen LogP contribution in [0, 0.1) is 0 Å². The third-order valence-corrected chi connectivity index (χ3v) is 20.9. The van der Waals surface area contributed by atoms with E-state index in [0.29, 0.717) is 0 Å². The number of aryl methyl sites for hydroxylation is 2. The van der Waals surface area contributed by atoms with Crippen molar-refractivity contribution in [3.63, 3.8) is 0 Å². The fourth-order valence-electron chi connectivity index (χ4n) is 8.71. The molecule has 0 unspecified atom stereocenters. The van der Waals surface area contributed by atoms with Gasteiger partial charge in [-0.2, -0.15) is 12.1 Å². The molecule has 0 amide bonds. The van der Waals surface area contributed by atoms with Crippen LogP contribution < -0.4 is 20.7 Å². The maximum atomic E-state index is 4.93. The number of rotatable bonds is 10. The number of halogens is 2. The van der Waals surface area contributed by atoms with Gasteiger partial charge in [0.1, 0.15) is 0 Å². The summed E-state index contributed by atoms with van der Waals surface area (Å²) in [6.07, 6.45) is 2.15. The zero-order valence-electron chi connectivity index (χ0n) is 44.0. The predicted molar refractivity (Wildman–Crippen MR) is 321 cm³/mol. The van der Waals surface area contributed by atoms with Crippen molar-refractivity contribution >= 4 is 101 Å². The van der Waals surface area contributed by atoms with Crippen LogP contribution in [-0.2, 0) is 33.7 Å². The SMILES string of the molecule is CCc1cc2c(-c3cc([Si](C)(C)C)cc([Si](C)(C)C)c3)c(-c3ccccc3)ccc2[cH-]1.CCc1cc2c(-c3cc([Si](C)(C)C)cc([Si](C)(C)C)c3)c(-c3ccccc3)ccc2[cH-]1.C[Si]C.[Cl][Zr+2][Cl]. The molecule has 0 saturated carbocycles. The molecule has 0 aliphatic heterocycles. The Balaban J connectivity index is 0.000000228. The fourth-order valence-corrected chi connectivity index (χ4v) is 13.7. The van der Waals surface area contributed by atoms with E-state index >= 15 is 0 Å². The zero-order chi connectivity index (χ0) is 50.2. The molecule has 8 aromatic carbocycles. The standard InChI is InChI=1S/2C29H35Si2.C2H6Si.2ClH.Zr/c2*1-8-21-16-23-14-15-27(22-12-10-9-11-13-22)29(28(23)17-21)24-18-25(30(2,3)4)20-26(19-24)31(5,6)7;1-3-2;;;/h2*9-20H,8H2,1-7H3;1-2H3;2*1H;/q2*-1;;;;+4/p-2. The molecule has 8 aromatic rings. The predicted octanol–water partition coefficient (Wildman–Crippen LogP) is 17.3. The molecule has 8 heteroatoms. The maximum absolute atomic E-state index is 4.93. The van der Waals surface area contributed by atoms with Gasteiger partial charge < -0.3 is 0 Å². The second kappa shape index (κ2) is 24.0. The summed E-state index contributed by atoms with van der Waals surface area (Å²) in [7, 11) is 5.15. The van der Waals surface area contributed by atoms with E-state index in [9.17, 15) is 0 Å². The van der Waals surface area contributed by atoms with Gasteiger partial charge in [-0.3, -0.25) is 0 Å². The molecule has 0 bridgehead atoms. The van der Waals surface area contributed by atoms with Gasteiger partial charge in [0.2, 0.25) is 0 Å². The van der Waals surface area contributed by atoms with Gasteiger partial charge in [-0.05, 0) is 46.2 Å². The van der Waals surface area contributed by atoms with E-state index in [2.05, 4.69) is 251 Å². The molecular formula is C60H76Cl2Si5Zr. The molecule has 0 aliphatic rings. The van der Waals surface area contributed by atoms with Crippen LogP contribution in [0.2, 0.25) is 91.7 Å². The van der Waals surface area contributed by atoms with E-state index in [4.69, 9.17) is 17.0 Å². The molecule has 0 aliphatic carbocycles. The summed E-state index contributed by atoms with van der Waals surface area (Å²) in [4.78, 5) is 0. The topological polar surface area (TPSA) is 0 Å². The molecule has 0 N–H and O–H groups in total. The summed E-state index contributed by atoms with van der Waals surface area (Å²) >= 11 is -0.826. The summed E-state index contributed by atoms with van der Waals surface area (Å²) < 4.78 is 0. The first-order valence-corrected chi connectivity index (χ1v) is 46.7. The average Bonchev–Trinajstić information content (AvgIpc) is 3.93. The molecule has 2 radical (unpaired) electrons. The van der Waals surface area contributed by atoms with Gasteiger partial charge in [0.25, 0.3) is 0 Å². The Morgan fingerprint density at radius 3 is 0.941 bits per heavy atom. The quantitative estimate of drug-likeness (QED) is 0.0946. The summed E-state index contributed by atoms with van der Waals surface area (Å²) in [5.74, 6) is 0. The van der Waals surface area contributed by atoms with Crippen LogP contribution in [0.5, 0.6) is 0 Å². The Kier molecular flexibility index (Phi) is 19.8. The van der Waals surface area contributed by atoms with Gasteiger partial charge in [-0.25, -0.2) is 0 Å². The van der Waals surface area contributed by atoms with E-state index in [1.807, 2.05) is 0 Å². The van der Waals surface area contributed by atoms with Gasteiger partial charge in [-0.15, -0.1) is 56.9 Å². The van der Waals surface area contributed by atoms with Gasteiger partial charge >= 0.3 is 37.9 Å².